The molecule has 0 saturated heterocycles. The molecule has 1 aromatic heterocycles. The van der Waals surface area contributed by atoms with E-state index in [4.69, 9.17) is 5.73 Å². The molecule has 1 aromatic carbocycles. The predicted molar refractivity (Wildman–Crippen MR) is 99.2 cm³/mol. The first kappa shape index (κ1) is 18.3. The maximum atomic E-state index is 11.3. The monoisotopic (exact) mass is 347 g/mol. The fourth-order valence-electron chi connectivity index (χ4n) is 2.50. The Hall–Kier alpha value is -2.02. The number of primary amides is 1. The molecule has 1 heterocycles. The molecule has 130 valence electrons. The van der Waals surface area contributed by atoms with E-state index in [1.165, 1.54) is 17.4 Å². The zero-order chi connectivity index (χ0) is 17.7. The number of hydrogen-bond donors (Lipinski definition) is 1. The van der Waals surface area contributed by atoms with Crippen LogP contribution in [-0.4, -0.2) is 39.0 Å². The summed E-state index contributed by atoms with van der Waals surface area (Å²) in [6, 6.07) is 8.34. The van der Waals surface area contributed by atoms with Crippen LogP contribution in [0.15, 0.2) is 29.4 Å². The number of amides is 1. The van der Waals surface area contributed by atoms with Crippen molar-refractivity contribution in [1.29, 1.82) is 0 Å². The Morgan fingerprint density at radius 3 is 2.33 bits per heavy atom. The van der Waals surface area contributed by atoms with Gasteiger partial charge in [0.25, 0.3) is 0 Å². The quantitative estimate of drug-likeness (QED) is 0.743. The molecule has 1 atom stereocenters. The lowest BCUT2D eigenvalue weighted by atomic mass is 10.2. The van der Waals surface area contributed by atoms with Gasteiger partial charge in [0.1, 0.15) is 0 Å². The smallest absolute Gasteiger partial charge is 0.230 e. The predicted octanol–water partition coefficient (Wildman–Crippen LogP) is 2.78. The van der Waals surface area contributed by atoms with E-state index in [0.717, 1.165) is 31.0 Å². The highest BCUT2D eigenvalue weighted by molar-refractivity contribution is 8.00. The number of thioether (sulfide) groups is 1. The van der Waals surface area contributed by atoms with Crippen LogP contribution < -0.4 is 10.6 Å². The number of nitrogens with zero attached hydrogens (tertiary/aromatic N) is 4. The Morgan fingerprint density at radius 2 is 1.83 bits per heavy atom. The number of nitrogens with two attached hydrogens (primary N) is 1. The zero-order valence-electron chi connectivity index (χ0n) is 14.7. The van der Waals surface area contributed by atoms with Gasteiger partial charge < -0.3 is 15.2 Å². The van der Waals surface area contributed by atoms with E-state index < -0.39 is 0 Å². The minimum atomic E-state index is -0.351. The molecule has 0 bridgehead atoms. The normalized spacial score (nSPS) is 12.2. The average Bonchev–Trinajstić information content (AvgIpc) is 2.99. The van der Waals surface area contributed by atoms with E-state index in [2.05, 4.69) is 53.2 Å². The van der Waals surface area contributed by atoms with Crippen LogP contribution in [-0.2, 0) is 11.3 Å². The molecule has 0 aliphatic carbocycles. The van der Waals surface area contributed by atoms with Crippen LogP contribution in [0.25, 0.3) is 11.4 Å². The number of rotatable bonds is 8. The van der Waals surface area contributed by atoms with Gasteiger partial charge in [-0.1, -0.05) is 11.8 Å². The van der Waals surface area contributed by atoms with E-state index >= 15 is 0 Å². The van der Waals surface area contributed by atoms with E-state index in [-0.39, 0.29) is 11.2 Å². The van der Waals surface area contributed by atoms with Crippen molar-refractivity contribution in [1.82, 2.24) is 14.8 Å². The van der Waals surface area contributed by atoms with Crippen LogP contribution in [0.3, 0.4) is 0 Å². The van der Waals surface area contributed by atoms with Gasteiger partial charge in [0.05, 0.1) is 5.25 Å². The lowest BCUT2D eigenvalue weighted by Crippen LogP contribution is -2.23. The molecule has 0 saturated carbocycles. The molecular formula is C17H25N5OS. The van der Waals surface area contributed by atoms with Gasteiger partial charge in [-0.15, -0.1) is 10.2 Å². The first-order valence-electron chi connectivity index (χ1n) is 8.26. The lowest BCUT2D eigenvalue weighted by Gasteiger charge is -2.21. The summed E-state index contributed by atoms with van der Waals surface area (Å²) in [5.41, 5.74) is 7.55. The Balaban J connectivity index is 2.29. The van der Waals surface area contributed by atoms with Crippen molar-refractivity contribution in [2.24, 2.45) is 5.73 Å². The summed E-state index contributed by atoms with van der Waals surface area (Å²) >= 11 is 1.34. The Kier molecular flexibility index (Phi) is 6.25. The molecule has 0 spiro atoms. The van der Waals surface area contributed by atoms with Gasteiger partial charge in [-0.25, -0.2) is 0 Å². The molecule has 24 heavy (non-hydrogen) atoms. The van der Waals surface area contributed by atoms with Crippen molar-refractivity contribution in [2.75, 3.05) is 18.0 Å². The van der Waals surface area contributed by atoms with Crippen molar-refractivity contribution in [3.8, 4) is 11.4 Å². The first-order valence-corrected chi connectivity index (χ1v) is 9.14. The van der Waals surface area contributed by atoms with Gasteiger partial charge in [-0.05, 0) is 52.0 Å². The molecular weight excluding hydrogens is 322 g/mol. The molecule has 2 rings (SSSR count). The van der Waals surface area contributed by atoms with E-state index in [1.807, 2.05) is 11.5 Å². The highest BCUT2D eigenvalue weighted by Gasteiger charge is 2.18. The van der Waals surface area contributed by atoms with Gasteiger partial charge in [0.15, 0.2) is 11.0 Å². The standard InChI is InChI=1S/C17H25N5OS/c1-5-21(6-2)14-10-8-13(9-11-14)16-19-20-17(22(16)7-3)24-12(4)15(18)23/h8-12H,5-7H2,1-4H3,(H2,18,23)/t12-/m1/s1. The number of carbonyl (C=O) groups is 1. The lowest BCUT2D eigenvalue weighted by molar-refractivity contribution is -0.117. The maximum absolute atomic E-state index is 11.3. The molecule has 0 radical (unpaired) electrons. The molecule has 2 aromatic rings. The molecule has 0 aliphatic rings. The van der Waals surface area contributed by atoms with Crippen LogP contribution in [0.2, 0.25) is 0 Å². The second-order valence-electron chi connectivity index (χ2n) is 5.43. The molecule has 6 nitrogen and oxygen atoms in total. The van der Waals surface area contributed by atoms with E-state index in [1.54, 1.807) is 6.92 Å². The third-order valence-electron chi connectivity index (χ3n) is 3.97. The summed E-state index contributed by atoms with van der Waals surface area (Å²) in [6.07, 6.45) is 0. The summed E-state index contributed by atoms with van der Waals surface area (Å²) in [7, 11) is 0. The number of aromatic nitrogens is 3. The van der Waals surface area contributed by atoms with Crippen LogP contribution in [0.4, 0.5) is 5.69 Å². The summed E-state index contributed by atoms with van der Waals surface area (Å²) in [4.78, 5) is 13.6. The van der Waals surface area contributed by atoms with Crippen LogP contribution >= 0.6 is 11.8 Å². The molecule has 2 N–H and O–H groups in total. The van der Waals surface area contributed by atoms with Crippen molar-refractivity contribution in [3.05, 3.63) is 24.3 Å². The second-order valence-corrected chi connectivity index (χ2v) is 6.74. The SMILES string of the molecule is CCN(CC)c1ccc(-c2nnc(S[C@H](C)C(N)=O)n2CC)cc1. The highest BCUT2D eigenvalue weighted by Crippen LogP contribution is 2.27. The van der Waals surface area contributed by atoms with E-state index in [9.17, 15) is 4.79 Å². The van der Waals surface area contributed by atoms with Crippen molar-refractivity contribution in [3.63, 3.8) is 0 Å². The van der Waals surface area contributed by atoms with Crippen LogP contribution in [0.5, 0.6) is 0 Å². The van der Waals surface area contributed by atoms with Gasteiger partial charge in [-0.2, -0.15) is 0 Å². The third kappa shape index (κ3) is 3.90. The molecule has 0 unspecified atom stereocenters. The Morgan fingerprint density at radius 1 is 1.21 bits per heavy atom. The van der Waals surface area contributed by atoms with Gasteiger partial charge in [0.2, 0.25) is 5.91 Å². The number of benzene rings is 1. The summed E-state index contributed by atoms with van der Waals surface area (Å²) < 4.78 is 2.01. The molecule has 1 amide bonds. The number of carbonyl (C=O) groups excluding carboxylic acids is 1. The average molecular weight is 347 g/mol. The molecule has 0 aliphatic heterocycles. The second kappa shape index (κ2) is 8.19. The Labute approximate surface area is 147 Å². The first-order chi connectivity index (χ1) is 11.5. The third-order valence-corrected chi connectivity index (χ3v) is 5.07. The van der Waals surface area contributed by atoms with Crippen molar-refractivity contribution >= 4 is 23.4 Å². The van der Waals surface area contributed by atoms with Crippen molar-refractivity contribution in [2.45, 2.75) is 44.6 Å². The van der Waals surface area contributed by atoms with Crippen molar-refractivity contribution < 1.29 is 4.79 Å². The minimum absolute atomic E-state index is 0.336. The summed E-state index contributed by atoms with van der Waals surface area (Å²) in [6.45, 7) is 10.8. The van der Waals surface area contributed by atoms with Gasteiger partial charge >= 0.3 is 0 Å². The largest absolute Gasteiger partial charge is 0.372 e. The number of hydrogen-bond acceptors (Lipinski definition) is 5. The molecule has 7 heteroatoms. The molecule has 0 fully saturated rings. The fourth-order valence-corrected chi connectivity index (χ4v) is 3.36. The summed E-state index contributed by atoms with van der Waals surface area (Å²) in [5.74, 6) is 0.457. The maximum Gasteiger partial charge on any atom is 0.230 e. The fraction of sp³-hybridized carbons (Fsp3) is 0.471. The van der Waals surface area contributed by atoms with Crippen LogP contribution in [0, 0.1) is 0 Å². The minimum Gasteiger partial charge on any atom is -0.372 e. The van der Waals surface area contributed by atoms with E-state index in [0.29, 0.717) is 5.16 Å². The van der Waals surface area contributed by atoms with Gasteiger partial charge in [-0.3, -0.25) is 4.79 Å². The van der Waals surface area contributed by atoms with Crippen LogP contribution in [0.1, 0.15) is 27.7 Å². The number of anilines is 1. The van der Waals surface area contributed by atoms with Gasteiger partial charge in [0, 0.05) is 30.9 Å². The summed E-state index contributed by atoms with van der Waals surface area (Å²) in [5, 5.41) is 8.92. The zero-order valence-corrected chi connectivity index (χ0v) is 15.5. The Bertz CT molecular complexity index is 679. The topological polar surface area (TPSA) is 77.0 Å². The highest BCUT2D eigenvalue weighted by atomic mass is 32.2.